The van der Waals surface area contributed by atoms with Gasteiger partial charge in [0.15, 0.2) is 11.5 Å². The van der Waals surface area contributed by atoms with Crippen LogP contribution in [0.1, 0.15) is 5.56 Å². The number of benzene rings is 1. The second kappa shape index (κ2) is 5.20. The quantitative estimate of drug-likeness (QED) is 0.894. The minimum Gasteiger partial charge on any atom is -0.504 e. The van der Waals surface area contributed by atoms with E-state index in [0.29, 0.717) is 28.0 Å². The number of halogens is 1. The molecular weight excluding hydrogens is 262 g/mol. The van der Waals surface area contributed by atoms with E-state index in [1.165, 1.54) is 18.4 Å². The zero-order valence-corrected chi connectivity index (χ0v) is 10.5. The summed E-state index contributed by atoms with van der Waals surface area (Å²) >= 11 is 7.30. The maximum atomic E-state index is 9.89. The Morgan fingerprint density at radius 3 is 3.00 bits per heavy atom. The van der Waals surface area contributed by atoms with Gasteiger partial charge in [0.2, 0.25) is 5.13 Å². The molecule has 1 aromatic heterocycles. The third kappa shape index (κ3) is 2.78. The number of phenolic OH excluding ortho intramolecular Hbond substituents is 1. The Morgan fingerprint density at radius 1 is 1.53 bits per heavy atom. The van der Waals surface area contributed by atoms with E-state index >= 15 is 0 Å². The third-order valence-corrected chi connectivity index (χ3v) is 3.00. The van der Waals surface area contributed by atoms with Crippen LogP contribution in [0.2, 0.25) is 5.02 Å². The number of aromatic hydroxyl groups is 1. The third-order valence-electron chi connectivity index (χ3n) is 2.13. The van der Waals surface area contributed by atoms with Crippen LogP contribution in [0.15, 0.2) is 17.6 Å². The number of aromatic nitrogens is 2. The normalized spacial score (nSPS) is 10.2. The summed E-state index contributed by atoms with van der Waals surface area (Å²) in [5.74, 6) is 0.431. The second-order valence-corrected chi connectivity index (χ2v) is 4.48. The molecule has 0 aliphatic carbocycles. The monoisotopic (exact) mass is 271 g/mol. The van der Waals surface area contributed by atoms with Gasteiger partial charge in [0, 0.05) is 23.2 Å². The number of phenols is 1. The van der Waals surface area contributed by atoms with Crippen molar-refractivity contribution in [2.24, 2.45) is 0 Å². The van der Waals surface area contributed by atoms with Gasteiger partial charge in [-0.05, 0) is 6.07 Å². The standard InChI is InChI=1S/C10H10ClN3O2S/c1-16-8-3-7(11)2-6(9(8)15)4-12-10-14-13-5-17-10/h2-3,5,15H,4H2,1H3,(H,12,14). The Hall–Kier alpha value is -1.53. The summed E-state index contributed by atoms with van der Waals surface area (Å²) in [5, 5.41) is 21.6. The van der Waals surface area contributed by atoms with E-state index in [2.05, 4.69) is 15.5 Å². The Morgan fingerprint density at radius 2 is 2.35 bits per heavy atom. The van der Waals surface area contributed by atoms with E-state index in [1.807, 2.05) is 0 Å². The maximum absolute atomic E-state index is 9.89. The first-order chi connectivity index (χ1) is 8.20. The summed E-state index contributed by atoms with van der Waals surface area (Å²) in [4.78, 5) is 0. The van der Waals surface area contributed by atoms with Crippen molar-refractivity contribution in [3.63, 3.8) is 0 Å². The lowest BCUT2D eigenvalue weighted by Gasteiger charge is -2.10. The van der Waals surface area contributed by atoms with Gasteiger partial charge in [-0.1, -0.05) is 22.9 Å². The molecule has 0 aliphatic rings. The first-order valence-electron chi connectivity index (χ1n) is 4.76. The summed E-state index contributed by atoms with van der Waals surface area (Å²) < 4.78 is 5.02. The molecule has 0 aliphatic heterocycles. The van der Waals surface area contributed by atoms with E-state index in [0.717, 1.165) is 0 Å². The van der Waals surface area contributed by atoms with Crippen LogP contribution in [-0.2, 0) is 6.54 Å². The summed E-state index contributed by atoms with van der Waals surface area (Å²) in [6.07, 6.45) is 0. The lowest BCUT2D eigenvalue weighted by atomic mass is 10.2. The molecule has 0 fully saturated rings. The zero-order chi connectivity index (χ0) is 12.3. The van der Waals surface area contributed by atoms with Crippen LogP contribution in [-0.4, -0.2) is 22.4 Å². The summed E-state index contributed by atoms with van der Waals surface area (Å²) in [6, 6.07) is 3.23. The largest absolute Gasteiger partial charge is 0.504 e. The van der Waals surface area contributed by atoms with Gasteiger partial charge in [0.1, 0.15) is 5.51 Å². The van der Waals surface area contributed by atoms with Gasteiger partial charge in [-0.2, -0.15) is 0 Å². The second-order valence-electron chi connectivity index (χ2n) is 3.21. The minimum absolute atomic E-state index is 0.0777. The van der Waals surface area contributed by atoms with Gasteiger partial charge in [0.05, 0.1) is 7.11 Å². The first-order valence-corrected chi connectivity index (χ1v) is 6.02. The van der Waals surface area contributed by atoms with Gasteiger partial charge in [0.25, 0.3) is 0 Å². The van der Waals surface area contributed by atoms with Crippen molar-refractivity contribution in [3.8, 4) is 11.5 Å². The molecular formula is C10H10ClN3O2S. The molecule has 0 amide bonds. The highest BCUT2D eigenvalue weighted by molar-refractivity contribution is 7.13. The molecule has 0 saturated carbocycles. The van der Waals surface area contributed by atoms with Gasteiger partial charge in [-0.3, -0.25) is 0 Å². The van der Waals surface area contributed by atoms with Gasteiger partial charge < -0.3 is 15.2 Å². The van der Waals surface area contributed by atoms with E-state index in [9.17, 15) is 5.11 Å². The van der Waals surface area contributed by atoms with Gasteiger partial charge >= 0.3 is 0 Å². The number of nitrogens with one attached hydrogen (secondary N) is 1. The summed E-state index contributed by atoms with van der Waals surface area (Å²) in [6.45, 7) is 0.401. The van der Waals surface area contributed by atoms with E-state index in [4.69, 9.17) is 16.3 Å². The molecule has 0 bridgehead atoms. The fourth-order valence-electron chi connectivity index (χ4n) is 1.34. The predicted molar refractivity (Wildman–Crippen MR) is 66.9 cm³/mol. The fraction of sp³-hybridized carbons (Fsp3) is 0.200. The lowest BCUT2D eigenvalue weighted by molar-refractivity contribution is 0.371. The molecule has 0 saturated heterocycles. The molecule has 0 atom stereocenters. The van der Waals surface area contributed by atoms with E-state index in [-0.39, 0.29) is 5.75 Å². The average Bonchev–Trinajstić information content (AvgIpc) is 2.82. The molecule has 0 radical (unpaired) electrons. The van der Waals surface area contributed by atoms with E-state index < -0.39 is 0 Å². The number of hydrogen-bond acceptors (Lipinski definition) is 6. The number of methoxy groups -OCH3 is 1. The lowest BCUT2D eigenvalue weighted by Crippen LogP contribution is -2.00. The predicted octanol–water partition coefficient (Wildman–Crippen LogP) is 2.52. The van der Waals surface area contributed by atoms with Crippen molar-refractivity contribution in [1.29, 1.82) is 0 Å². The molecule has 7 heteroatoms. The van der Waals surface area contributed by atoms with Crippen molar-refractivity contribution in [2.75, 3.05) is 12.4 Å². The number of ether oxygens (including phenoxy) is 1. The number of anilines is 1. The maximum Gasteiger partial charge on any atom is 0.205 e. The first kappa shape index (κ1) is 11.9. The average molecular weight is 272 g/mol. The van der Waals surface area contributed by atoms with Crippen LogP contribution in [0, 0.1) is 0 Å². The zero-order valence-electron chi connectivity index (χ0n) is 8.98. The van der Waals surface area contributed by atoms with Crippen LogP contribution in [0.25, 0.3) is 0 Å². The van der Waals surface area contributed by atoms with Crippen molar-refractivity contribution in [1.82, 2.24) is 10.2 Å². The SMILES string of the molecule is COc1cc(Cl)cc(CNc2nncs2)c1O. The van der Waals surface area contributed by atoms with Crippen molar-refractivity contribution in [2.45, 2.75) is 6.54 Å². The molecule has 17 heavy (non-hydrogen) atoms. The molecule has 0 spiro atoms. The number of nitrogens with zero attached hydrogens (tertiary/aromatic N) is 2. The molecule has 0 unspecified atom stereocenters. The Bertz CT molecular complexity index is 505. The molecule has 1 heterocycles. The molecule has 1 aromatic carbocycles. The van der Waals surface area contributed by atoms with Gasteiger partial charge in [-0.25, -0.2) is 0 Å². The van der Waals surface area contributed by atoms with Crippen LogP contribution < -0.4 is 10.1 Å². The Kier molecular flexibility index (Phi) is 3.65. The highest BCUT2D eigenvalue weighted by Crippen LogP contribution is 2.33. The van der Waals surface area contributed by atoms with Gasteiger partial charge in [-0.15, -0.1) is 10.2 Å². The van der Waals surface area contributed by atoms with Crippen LogP contribution in [0.3, 0.4) is 0 Å². The van der Waals surface area contributed by atoms with Crippen LogP contribution in [0.4, 0.5) is 5.13 Å². The molecule has 90 valence electrons. The Balaban J connectivity index is 2.17. The number of rotatable bonds is 4. The highest BCUT2D eigenvalue weighted by Gasteiger charge is 2.10. The molecule has 2 aromatic rings. The summed E-state index contributed by atoms with van der Waals surface area (Å²) in [7, 11) is 1.48. The smallest absolute Gasteiger partial charge is 0.205 e. The summed E-state index contributed by atoms with van der Waals surface area (Å²) in [5.41, 5.74) is 2.27. The molecule has 2 rings (SSSR count). The minimum atomic E-state index is 0.0777. The van der Waals surface area contributed by atoms with Crippen molar-refractivity contribution < 1.29 is 9.84 Å². The van der Waals surface area contributed by atoms with E-state index in [1.54, 1.807) is 17.6 Å². The van der Waals surface area contributed by atoms with Crippen LogP contribution in [0.5, 0.6) is 11.5 Å². The van der Waals surface area contributed by atoms with Crippen molar-refractivity contribution >= 4 is 28.1 Å². The topological polar surface area (TPSA) is 67.3 Å². The highest BCUT2D eigenvalue weighted by atomic mass is 35.5. The molecule has 5 nitrogen and oxygen atoms in total. The van der Waals surface area contributed by atoms with Crippen molar-refractivity contribution in [3.05, 3.63) is 28.2 Å². The molecule has 2 N–H and O–H groups in total. The number of hydrogen-bond donors (Lipinski definition) is 2. The fourth-order valence-corrected chi connectivity index (χ4v) is 2.01. The van der Waals surface area contributed by atoms with Crippen LogP contribution >= 0.6 is 22.9 Å². The Labute approximate surface area is 107 Å².